The molecule has 0 atom stereocenters. The Bertz CT molecular complexity index is 666. The predicted molar refractivity (Wildman–Crippen MR) is 83.5 cm³/mol. The van der Waals surface area contributed by atoms with Gasteiger partial charge in [-0.05, 0) is 31.9 Å². The second kappa shape index (κ2) is 6.68. The number of pyridine rings is 1. The highest BCUT2D eigenvalue weighted by atomic mass is 19.1. The second-order valence-electron chi connectivity index (χ2n) is 5.61. The van der Waals surface area contributed by atoms with Crippen molar-refractivity contribution >= 4 is 11.7 Å². The van der Waals surface area contributed by atoms with Crippen LogP contribution in [0, 0.1) is 13.0 Å². The fraction of sp³-hybridized carbons (Fsp3) is 0.375. The molecule has 2 aromatic rings. The van der Waals surface area contributed by atoms with Gasteiger partial charge in [0.05, 0.1) is 0 Å². The molecule has 3 rings (SSSR count). The molecule has 1 aliphatic heterocycles. The maximum absolute atomic E-state index is 13.2. The Kier molecular flexibility index (Phi) is 4.45. The highest BCUT2D eigenvalue weighted by Crippen LogP contribution is 2.17. The van der Waals surface area contributed by atoms with Crippen molar-refractivity contribution < 1.29 is 9.18 Å². The quantitative estimate of drug-likeness (QED) is 0.878. The number of anilines is 1. The lowest BCUT2D eigenvalue weighted by atomic mass is 10.0. The largest absolute Gasteiger partial charge is 0.367 e. The molecule has 0 saturated carbocycles. The van der Waals surface area contributed by atoms with Gasteiger partial charge in [-0.3, -0.25) is 9.78 Å². The molecule has 0 unspecified atom stereocenters. The van der Waals surface area contributed by atoms with E-state index in [0.29, 0.717) is 30.2 Å². The lowest BCUT2D eigenvalue weighted by Gasteiger charge is -2.32. The first-order valence-electron chi connectivity index (χ1n) is 7.59. The smallest absolute Gasteiger partial charge is 0.310 e. The summed E-state index contributed by atoms with van der Waals surface area (Å²) in [6, 6.07) is 5.33. The van der Waals surface area contributed by atoms with Gasteiger partial charge in [-0.15, -0.1) is 0 Å². The first kappa shape index (κ1) is 15.3. The molecule has 2 aromatic heterocycles. The summed E-state index contributed by atoms with van der Waals surface area (Å²) in [5.41, 5.74) is 1.24. The van der Waals surface area contributed by atoms with E-state index < -0.39 is 6.08 Å². The number of likely N-dealkylation sites (tertiary alicyclic amines) is 1. The van der Waals surface area contributed by atoms with Gasteiger partial charge in [0, 0.05) is 48.8 Å². The number of piperidine rings is 1. The van der Waals surface area contributed by atoms with Crippen LogP contribution in [-0.4, -0.2) is 44.9 Å². The normalized spacial score (nSPS) is 15.5. The maximum Gasteiger partial charge on any atom is 0.310 e. The fourth-order valence-corrected chi connectivity index (χ4v) is 2.72. The molecule has 1 amide bonds. The van der Waals surface area contributed by atoms with E-state index in [-0.39, 0.29) is 11.9 Å². The molecule has 0 spiro atoms. The van der Waals surface area contributed by atoms with Crippen molar-refractivity contribution in [3.8, 4) is 0 Å². The first-order valence-corrected chi connectivity index (χ1v) is 7.59. The lowest BCUT2D eigenvalue weighted by Crippen LogP contribution is -2.42. The molecule has 1 aliphatic rings. The van der Waals surface area contributed by atoms with Gasteiger partial charge in [0.25, 0.3) is 5.91 Å². The van der Waals surface area contributed by atoms with E-state index in [2.05, 4.69) is 20.3 Å². The van der Waals surface area contributed by atoms with E-state index in [9.17, 15) is 9.18 Å². The number of aryl methyl sites for hydroxylation is 1. The summed E-state index contributed by atoms with van der Waals surface area (Å²) in [7, 11) is 0. The van der Waals surface area contributed by atoms with Crippen LogP contribution in [0.2, 0.25) is 0 Å². The molecule has 7 heteroatoms. The summed E-state index contributed by atoms with van der Waals surface area (Å²) in [6.45, 7) is 3.04. The Labute approximate surface area is 133 Å². The van der Waals surface area contributed by atoms with Crippen molar-refractivity contribution in [2.24, 2.45) is 0 Å². The van der Waals surface area contributed by atoms with E-state index >= 15 is 0 Å². The summed E-state index contributed by atoms with van der Waals surface area (Å²) < 4.78 is 13.2. The van der Waals surface area contributed by atoms with Crippen molar-refractivity contribution in [2.45, 2.75) is 25.8 Å². The molecule has 23 heavy (non-hydrogen) atoms. The van der Waals surface area contributed by atoms with E-state index in [1.165, 1.54) is 0 Å². The number of carbonyl (C=O) groups is 1. The van der Waals surface area contributed by atoms with Gasteiger partial charge in [-0.2, -0.15) is 9.37 Å². The standard InChI is InChI=1S/C16H18FN5O/c1-11-10-14(21-16(17)19-11)20-13-4-8-22(9-5-13)15(23)12-2-6-18-7-3-12/h2-3,6-7,10,13H,4-5,8-9H2,1H3,(H,19,20,21). The minimum Gasteiger partial charge on any atom is -0.367 e. The number of hydrogen-bond donors (Lipinski definition) is 1. The van der Waals surface area contributed by atoms with Crippen LogP contribution in [-0.2, 0) is 0 Å². The SMILES string of the molecule is Cc1cc(NC2CCN(C(=O)c3ccncc3)CC2)nc(F)n1. The van der Waals surface area contributed by atoms with Gasteiger partial charge >= 0.3 is 6.08 Å². The van der Waals surface area contributed by atoms with E-state index in [1.54, 1.807) is 37.5 Å². The molecular formula is C16H18FN5O. The number of nitrogens with one attached hydrogen (secondary N) is 1. The Morgan fingerprint density at radius 3 is 2.61 bits per heavy atom. The monoisotopic (exact) mass is 315 g/mol. The van der Waals surface area contributed by atoms with Crippen molar-refractivity contribution in [2.75, 3.05) is 18.4 Å². The number of carbonyl (C=O) groups excluding carboxylic acids is 1. The van der Waals surface area contributed by atoms with Crippen LogP contribution in [0.5, 0.6) is 0 Å². The zero-order valence-electron chi connectivity index (χ0n) is 12.9. The van der Waals surface area contributed by atoms with Crippen LogP contribution in [0.3, 0.4) is 0 Å². The van der Waals surface area contributed by atoms with Crippen LogP contribution in [0.1, 0.15) is 28.9 Å². The maximum atomic E-state index is 13.2. The minimum atomic E-state index is -0.724. The molecule has 0 aliphatic carbocycles. The number of amides is 1. The molecule has 6 nitrogen and oxygen atoms in total. The molecule has 3 heterocycles. The first-order chi connectivity index (χ1) is 11.1. The number of halogens is 1. The molecular weight excluding hydrogens is 297 g/mol. The molecule has 0 aromatic carbocycles. The average Bonchev–Trinajstić information content (AvgIpc) is 2.55. The van der Waals surface area contributed by atoms with Crippen molar-refractivity contribution in [3.63, 3.8) is 0 Å². The van der Waals surface area contributed by atoms with Crippen LogP contribution in [0.25, 0.3) is 0 Å². The van der Waals surface area contributed by atoms with Gasteiger partial charge in [0.1, 0.15) is 5.82 Å². The summed E-state index contributed by atoms with van der Waals surface area (Å²) in [6.07, 6.45) is 4.10. The van der Waals surface area contributed by atoms with Gasteiger partial charge in [-0.25, -0.2) is 4.98 Å². The Balaban J connectivity index is 1.57. The highest BCUT2D eigenvalue weighted by molar-refractivity contribution is 5.94. The summed E-state index contributed by atoms with van der Waals surface area (Å²) in [4.78, 5) is 25.5. The highest BCUT2D eigenvalue weighted by Gasteiger charge is 2.23. The third-order valence-electron chi connectivity index (χ3n) is 3.89. The minimum absolute atomic E-state index is 0.0229. The van der Waals surface area contributed by atoms with Crippen molar-refractivity contribution in [3.05, 3.63) is 47.9 Å². The zero-order chi connectivity index (χ0) is 16.2. The molecule has 120 valence electrons. The number of nitrogens with zero attached hydrogens (tertiary/aromatic N) is 4. The van der Waals surface area contributed by atoms with Crippen molar-refractivity contribution in [1.29, 1.82) is 0 Å². The third kappa shape index (κ3) is 3.80. The Morgan fingerprint density at radius 2 is 1.96 bits per heavy atom. The Morgan fingerprint density at radius 1 is 1.26 bits per heavy atom. The summed E-state index contributed by atoms with van der Waals surface area (Å²) in [5, 5.41) is 3.22. The molecule has 1 N–H and O–H groups in total. The third-order valence-corrected chi connectivity index (χ3v) is 3.89. The number of rotatable bonds is 3. The van der Waals surface area contributed by atoms with Crippen LogP contribution in [0.4, 0.5) is 10.2 Å². The number of hydrogen-bond acceptors (Lipinski definition) is 5. The fourth-order valence-electron chi connectivity index (χ4n) is 2.72. The van der Waals surface area contributed by atoms with E-state index in [4.69, 9.17) is 0 Å². The van der Waals surface area contributed by atoms with Crippen LogP contribution < -0.4 is 5.32 Å². The topological polar surface area (TPSA) is 71.0 Å². The van der Waals surface area contributed by atoms with E-state index in [1.807, 2.05) is 4.90 Å². The molecule has 1 saturated heterocycles. The van der Waals surface area contributed by atoms with Gasteiger partial charge in [0.15, 0.2) is 0 Å². The van der Waals surface area contributed by atoms with E-state index in [0.717, 1.165) is 12.8 Å². The molecule has 0 bridgehead atoms. The van der Waals surface area contributed by atoms with Gasteiger partial charge in [0.2, 0.25) is 0 Å². The second-order valence-corrected chi connectivity index (χ2v) is 5.61. The average molecular weight is 315 g/mol. The van der Waals surface area contributed by atoms with Crippen molar-refractivity contribution in [1.82, 2.24) is 19.9 Å². The lowest BCUT2D eigenvalue weighted by molar-refractivity contribution is 0.0718. The Hall–Kier alpha value is -2.57. The molecule has 1 fully saturated rings. The molecule has 0 radical (unpaired) electrons. The predicted octanol–water partition coefficient (Wildman–Crippen LogP) is 2.04. The zero-order valence-corrected chi connectivity index (χ0v) is 12.9. The van der Waals surface area contributed by atoms with Crippen LogP contribution in [0.15, 0.2) is 30.6 Å². The van der Waals surface area contributed by atoms with Crippen LogP contribution >= 0.6 is 0 Å². The summed E-state index contributed by atoms with van der Waals surface area (Å²) in [5.74, 6) is 0.517. The van der Waals surface area contributed by atoms with Gasteiger partial charge in [-0.1, -0.05) is 0 Å². The number of aromatic nitrogens is 3. The van der Waals surface area contributed by atoms with Gasteiger partial charge < -0.3 is 10.2 Å². The summed E-state index contributed by atoms with van der Waals surface area (Å²) >= 11 is 0.